The monoisotopic (exact) mass is 396 g/mol. The highest BCUT2D eigenvalue weighted by molar-refractivity contribution is 7.58. The summed E-state index contributed by atoms with van der Waals surface area (Å²) in [4.78, 5) is 23.0. The van der Waals surface area contributed by atoms with Crippen molar-refractivity contribution in [2.24, 2.45) is 0 Å². The second kappa shape index (κ2) is 8.72. The lowest BCUT2D eigenvalue weighted by Crippen LogP contribution is -2.18. The third kappa shape index (κ3) is 4.35. The molecule has 3 atom stereocenters. The number of aliphatic carboxylic acids is 1. The van der Waals surface area contributed by atoms with Crippen molar-refractivity contribution in [2.75, 3.05) is 6.16 Å². The van der Waals surface area contributed by atoms with Gasteiger partial charge in [0.1, 0.15) is 0 Å². The molecule has 0 radical (unpaired) electrons. The zero-order chi connectivity index (χ0) is 20.1. The van der Waals surface area contributed by atoms with Gasteiger partial charge in [0.15, 0.2) is 0 Å². The van der Waals surface area contributed by atoms with E-state index in [2.05, 4.69) is 0 Å². The molecule has 0 aliphatic heterocycles. The average Bonchev–Trinajstić information content (AvgIpc) is 2.70. The van der Waals surface area contributed by atoms with Gasteiger partial charge < -0.3 is 10.00 Å². The molecule has 0 saturated carbocycles. The van der Waals surface area contributed by atoms with Crippen molar-refractivity contribution in [3.63, 3.8) is 0 Å². The fourth-order valence-electron chi connectivity index (χ4n) is 3.79. The van der Waals surface area contributed by atoms with Crippen LogP contribution in [0.5, 0.6) is 0 Å². The van der Waals surface area contributed by atoms with E-state index in [0.717, 1.165) is 22.8 Å². The van der Waals surface area contributed by atoms with Crippen LogP contribution in [0.15, 0.2) is 72.8 Å². The summed E-state index contributed by atoms with van der Waals surface area (Å²) >= 11 is 0. The van der Waals surface area contributed by atoms with Gasteiger partial charge in [0.05, 0.1) is 11.6 Å². The van der Waals surface area contributed by atoms with E-state index >= 15 is 0 Å². The summed E-state index contributed by atoms with van der Waals surface area (Å²) in [7, 11) is -3.80. The summed E-state index contributed by atoms with van der Waals surface area (Å²) < 4.78 is 13.5. The van der Waals surface area contributed by atoms with Gasteiger partial charge in [0, 0.05) is 6.16 Å². The highest BCUT2D eigenvalue weighted by Gasteiger charge is 2.37. The van der Waals surface area contributed by atoms with E-state index in [9.17, 15) is 19.4 Å². The first-order valence-electron chi connectivity index (χ1n) is 9.51. The summed E-state index contributed by atoms with van der Waals surface area (Å²) in [6.45, 7) is 1.98. The van der Waals surface area contributed by atoms with Gasteiger partial charge in [-0.1, -0.05) is 86.1 Å². The minimum absolute atomic E-state index is 0.278. The Morgan fingerprint density at radius 1 is 0.964 bits per heavy atom. The lowest BCUT2D eigenvalue weighted by Gasteiger charge is -2.27. The van der Waals surface area contributed by atoms with Crippen LogP contribution in [0, 0.1) is 0 Å². The molecule has 28 heavy (non-hydrogen) atoms. The molecule has 0 amide bonds. The van der Waals surface area contributed by atoms with Crippen molar-refractivity contribution >= 4 is 24.1 Å². The van der Waals surface area contributed by atoms with Crippen LogP contribution in [0.4, 0.5) is 0 Å². The molecule has 5 heteroatoms. The molecule has 0 bridgehead atoms. The van der Waals surface area contributed by atoms with E-state index in [1.807, 2.05) is 49.4 Å². The summed E-state index contributed by atoms with van der Waals surface area (Å²) in [6, 6.07) is 22.3. The molecule has 2 N–H and O–H groups in total. The Hall–Kier alpha value is -2.42. The standard InChI is InChI=1S/C23H25O4P/c1-2-9-22(20-15-8-13-17-12-6-7-14-19(17)20)28(26,27)16-21(23(24)25)18-10-4-3-5-11-18/h3-8,10-15,21-22H,2,9,16H2,1H3,(H,24,25)(H,26,27). The number of carboxylic acids is 1. The Morgan fingerprint density at radius 2 is 1.61 bits per heavy atom. The minimum atomic E-state index is -3.80. The quantitative estimate of drug-likeness (QED) is 0.471. The van der Waals surface area contributed by atoms with Gasteiger partial charge in [-0.3, -0.25) is 9.36 Å². The number of hydrogen-bond donors (Lipinski definition) is 2. The van der Waals surface area contributed by atoms with Crippen LogP contribution < -0.4 is 0 Å². The Labute approximate surface area is 165 Å². The molecule has 3 aromatic rings. The molecule has 3 unspecified atom stereocenters. The maximum atomic E-state index is 13.5. The summed E-state index contributed by atoms with van der Waals surface area (Å²) in [6.07, 6.45) is 0.991. The highest BCUT2D eigenvalue weighted by atomic mass is 31.2. The number of fused-ring (bicyclic) bond motifs is 1. The topological polar surface area (TPSA) is 74.6 Å². The fraction of sp³-hybridized carbons (Fsp3) is 0.261. The molecule has 0 fully saturated rings. The van der Waals surface area contributed by atoms with Gasteiger partial charge in [-0.2, -0.15) is 0 Å². The van der Waals surface area contributed by atoms with Crippen LogP contribution in [0.25, 0.3) is 10.8 Å². The van der Waals surface area contributed by atoms with Crippen LogP contribution in [0.3, 0.4) is 0 Å². The molecule has 0 saturated heterocycles. The van der Waals surface area contributed by atoms with Crippen LogP contribution in [-0.4, -0.2) is 22.1 Å². The van der Waals surface area contributed by atoms with Gasteiger partial charge in [0.2, 0.25) is 7.37 Å². The van der Waals surface area contributed by atoms with Crippen LogP contribution >= 0.6 is 7.37 Å². The lowest BCUT2D eigenvalue weighted by atomic mass is 10.00. The summed E-state index contributed by atoms with van der Waals surface area (Å²) in [5, 5.41) is 11.7. The van der Waals surface area contributed by atoms with Crippen molar-refractivity contribution in [3.8, 4) is 0 Å². The van der Waals surface area contributed by atoms with Gasteiger partial charge in [0.25, 0.3) is 0 Å². The lowest BCUT2D eigenvalue weighted by molar-refractivity contribution is -0.138. The molecule has 3 rings (SSSR count). The average molecular weight is 396 g/mol. The maximum absolute atomic E-state index is 13.5. The predicted molar refractivity (Wildman–Crippen MR) is 113 cm³/mol. The molecule has 0 aliphatic rings. The zero-order valence-electron chi connectivity index (χ0n) is 15.9. The maximum Gasteiger partial charge on any atom is 0.311 e. The predicted octanol–water partition coefficient (Wildman–Crippen LogP) is 5.82. The van der Waals surface area contributed by atoms with Crippen molar-refractivity contribution < 1.29 is 19.4 Å². The van der Waals surface area contributed by atoms with Crippen LogP contribution in [0.2, 0.25) is 0 Å². The minimum Gasteiger partial charge on any atom is -0.481 e. The Balaban J connectivity index is 2.02. The van der Waals surface area contributed by atoms with Crippen molar-refractivity contribution in [1.29, 1.82) is 0 Å². The molecular formula is C23H25O4P. The molecule has 0 aromatic heterocycles. The Bertz CT molecular complexity index is 994. The molecule has 3 aromatic carbocycles. The number of benzene rings is 3. The molecule has 146 valence electrons. The van der Waals surface area contributed by atoms with Gasteiger partial charge in [-0.05, 0) is 28.3 Å². The third-order valence-corrected chi connectivity index (χ3v) is 7.57. The molecule has 0 spiro atoms. The second-order valence-corrected chi connectivity index (χ2v) is 9.61. The molecular weight excluding hydrogens is 371 g/mol. The van der Waals surface area contributed by atoms with Crippen LogP contribution in [0.1, 0.15) is 42.5 Å². The fourth-order valence-corrected chi connectivity index (χ4v) is 6.26. The van der Waals surface area contributed by atoms with E-state index in [4.69, 9.17) is 0 Å². The third-order valence-electron chi connectivity index (χ3n) is 5.18. The summed E-state index contributed by atoms with van der Waals surface area (Å²) in [5.74, 6) is -2.08. The van der Waals surface area contributed by atoms with Crippen molar-refractivity contribution in [2.45, 2.75) is 31.3 Å². The number of carbonyl (C=O) groups is 1. The largest absolute Gasteiger partial charge is 0.481 e. The van der Waals surface area contributed by atoms with E-state index in [-0.39, 0.29) is 6.16 Å². The first-order chi connectivity index (χ1) is 13.4. The van der Waals surface area contributed by atoms with Gasteiger partial charge in [-0.15, -0.1) is 0 Å². The summed E-state index contributed by atoms with van der Waals surface area (Å²) in [5.41, 5.74) is 0.787. The smallest absolute Gasteiger partial charge is 0.311 e. The van der Waals surface area contributed by atoms with E-state index in [0.29, 0.717) is 12.0 Å². The first-order valence-corrected chi connectivity index (χ1v) is 11.4. The number of hydrogen-bond acceptors (Lipinski definition) is 2. The number of carboxylic acid groups (broad SMARTS) is 1. The van der Waals surface area contributed by atoms with Crippen molar-refractivity contribution in [3.05, 3.63) is 83.9 Å². The first kappa shape index (κ1) is 20.3. The van der Waals surface area contributed by atoms with Gasteiger partial charge in [-0.25, -0.2) is 0 Å². The van der Waals surface area contributed by atoms with Crippen molar-refractivity contribution in [1.82, 2.24) is 0 Å². The zero-order valence-corrected chi connectivity index (χ0v) is 16.8. The Morgan fingerprint density at radius 3 is 2.29 bits per heavy atom. The SMILES string of the molecule is CCCC(c1cccc2ccccc12)P(=O)(O)CC(C(=O)O)c1ccccc1. The second-order valence-electron chi connectivity index (χ2n) is 7.11. The number of rotatable bonds is 8. The van der Waals surface area contributed by atoms with Crippen LogP contribution in [-0.2, 0) is 9.36 Å². The molecule has 4 nitrogen and oxygen atoms in total. The molecule has 0 aliphatic carbocycles. The normalized spacial score (nSPS) is 15.6. The van der Waals surface area contributed by atoms with Gasteiger partial charge >= 0.3 is 5.97 Å². The van der Waals surface area contributed by atoms with E-state index < -0.39 is 24.9 Å². The Kier molecular flexibility index (Phi) is 6.33. The molecule has 0 heterocycles. The highest BCUT2D eigenvalue weighted by Crippen LogP contribution is 2.60. The van der Waals surface area contributed by atoms with E-state index in [1.54, 1.807) is 30.3 Å². The van der Waals surface area contributed by atoms with E-state index in [1.165, 1.54) is 0 Å².